The zero-order chi connectivity index (χ0) is 34.9. The Bertz CT molecular complexity index is 766. The lowest BCUT2D eigenvalue weighted by Crippen LogP contribution is -2.29. The Morgan fingerprint density at radius 3 is 1.32 bits per heavy atom. The molecule has 0 rings (SSSR count). The van der Waals surface area contributed by atoms with E-state index in [9.17, 15) is 24.2 Å². The van der Waals surface area contributed by atoms with Crippen LogP contribution in [0.2, 0.25) is 0 Å². The van der Waals surface area contributed by atoms with E-state index in [1.54, 1.807) is 0 Å². The maximum Gasteiger partial charge on any atom is 0.472 e. The van der Waals surface area contributed by atoms with Gasteiger partial charge in [0.15, 0.2) is 6.10 Å². The standard InChI is InChI=1S/C36H71O10P/c1-3-5-7-9-11-13-14-15-16-17-18-19-20-22-24-26-28-36(40)46-34(32-45-47(41,42)44-30-33(38)29-37)31-43-35(39)27-25-23-21-12-10-8-6-4-2/h33-34,37-38H,3-32H2,1-2H3,(H,41,42). The molecule has 0 aliphatic carbocycles. The molecule has 0 aliphatic rings. The predicted octanol–water partition coefficient (Wildman–Crippen LogP) is 9.11. The summed E-state index contributed by atoms with van der Waals surface area (Å²) in [6.07, 6.45) is 26.6. The molecule has 10 nitrogen and oxygen atoms in total. The van der Waals surface area contributed by atoms with Gasteiger partial charge in [0.25, 0.3) is 0 Å². The largest absolute Gasteiger partial charge is 0.472 e. The minimum atomic E-state index is -4.60. The summed E-state index contributed by atoms with van der Waals surface area (Å²) in [5.41, 5.74) is 0. The molecule has 0 aromatic heterocycles. The number of ether oxygens (including phenoxy) is 2. The number of unbranched alkanes of at least 4 members (excludes halogenated alkanes) is 22. The normalized spacial score (nSPS) is 14.1. The zero-order valence-corrected chi connectivity index (χ0v) is 30.9. The molecule has 3 N–H and O–H groups in total. The Labute approximate surface area is 286 Å². The second kappa shape index (κ2) is 33.5. The number of hydrogen-bond acceptors (Lipinski definition) is 9. The maximum absolute atomic E-state index is 12.5. The van der Waals surface area contributed by atoms with Crippen molar-refractivity contribution in [2.75, 3.05) is 26.4 Å². The SMILES string of the molecule is CCCCCCCCCCCCCCCCCCC(=O)OC(COC(=O)CCCCCCCCCC)COP(=O)(O)OCC(O)CO. The molecule has 0 spiro atoms. The Hall–Kier alpha value is -1.03. The van der Waals surface area contributed by atoms with Gasteiger partial charge in [-0.3, -0.25) is 18.6 Å². The van der Waals surface area contributed by atoms with Crippen LogP contribution in [-0.4, -0.2) is 65.7 Å². The Morgan fingerprint density at radius 1 is 0.553 bits per heavy atom. The summed E-state index contributed by atoms with van der Waals surface area (Å²) in [5, 5.41) is 18.2. The second-order valence-electron chi connectivity index (χ2n) is 13.0. The van der Waals surface area contributed by atoms with E-state index in [0.29, 0.717) is 12.8 Å². The van der Waals surface area contributed by atoms with Gasteiger partial charge in [-0.2, -0.15) is 0 Å². The first-order valence-electron chi connectivity index (χ1n) is 19.0. The third-order valence-corrected chi connectivity index (χ3v) is 9.21. The Kier molecular flexibility index (Phi) is 32.7. The minimum absolute atomic E-state index is 0.192. The number of phosphoric ester groups is 1. The lowest BCUT2D eigenvalue weighted by Gasteiger charge is -2.20. The van der Waals surface area contributed by atoms with Crippen molar-refractivity contribution in [3.8, 4) is 0 Å². The predicted molar refractivity (Wildman–Crippen MR) is 187 cm³/mol. The van der Waals surface area contributed by atoms with E-state index < -0.39 is 51.8 Å². The van der Waals surface area contributed by atoms with E-state index in [0.717, 1.165) is 38.5 Å². The first kappa shape index (κ1) is 46.0. The molecule has 3 atom stereocenters. The molecular weight excluding hydrogens is 623 g/mol. The van der Waals surface area contributed by atoms with Crippen molar-refractivity contribution in [2.45, 2.75) is 193 Å². The summed E-state index contributed by atoms with van der Waals surface area (Å²) in [4.78, 5) is 34.7. The van der Waals surface area contributed by atoms with Gasteiger partial charge in [0.05, 0.1) is 19.8 Å². The van der Waals surface area contributed by atoms with E-state index >= 15 is 0 Å². The van der Waals surface area contributed by atoms with Crippen molar-refractivity contribution < 1.29 is 47.8 Å². The molecule has 0 fully saturated rings. The fourth-order valence-corrected chi connectivity index (χ4v) is 6.08. The third kappa shape index (κ3) is 33.3. The van der Waals surface area contributed by atoms with Gasteiger partial charge in [0, 0.05) is 12.8 Å². The average molecular weight is 695 g/mol. The van der Waals surface area contributed by atoms with Crippen LogP contribution in [0.4, 0.5) is 0 Å². The van der Waals surface area contributed by atoms with E-state index in [1.165, 1.54) is 103 Å². The van der Waals surface area contributed by atoms with Crippen LogP contribution in [0, 0.1) is 0 Å². The molecule has 0 heterocycles. The van der Waals surface area contributed by atoms with Gasteiger partial charge in [-0.1, -0.05) is 155 Å². The summed E-state index contributed by atoms with van der Waals surface area (Å²) in [5.74, 6) is -0.920. The monoisotopic (exact) mass is 694 g/mol. The van der Waals surface area contributed by atoms with E-state index in [2.05, 4.69) is 18.4 Å². The molecule has 280 valence electrons. The summed E-state index contributed by atoms with van der Waals surface area (Å²) in [7, 11) is -4.60. The minimum Gasteiger partial charge on any atom is -0.462 e. The molecule has 0 radical (unpaired) electrons. The summed E-state index contributed by atoms with van der Waals surface area (Å²) in [6, 6.07) is 0. The van der Waals surface area contributed by atoms with Gasteiger partial charge >= 0.3 is 19.8 Å². The van der Waals surface area contributed by atoms with Crippen molar-refractivity contribution in [3.05, 3.63) is 0 Å². The van der Waals surface area contributed by atoms with Gasteiger partial charge in [0.2, 0.25) is 0 Å². The fourth-order valence-electron chi connectivity index (χ4n) is 5.29. The van der Waals surface area contributed by atoms with Crippen LogP contribution in [0.15, 0.2) is 0 Å². The third-order valence-electron chi connectivity index (χ3n) is 8.26. The molecule has 0 aromatic rings. The number of esters is 2. The number of phosphoric acid groups is 1. The topological polar surface area (TPSA) is 149 Å². The van der Waals surface area contributed by atoms with Crippen molar-refractivity contribution in [2.24, 2.45) is 0 Å². The highest BCUT2D eigenvalue weighted by Gasteiger charge is 2.27. The molecule has 0 aliphatic heterocycles. The van der Waals surface area contributed by atoms with E-state index in [4.69, 9.17) is 19.1 Å². The smallest absolute Gasteiger partial charge is 0.462 e. The molecule has 0 saturated heterocycles. The van der Waals surface area contributed by atoms with Crippen LogP contribution in [-0.2, 0) is 32.7 Å². The van der Waals surface area contributed by atoms with Crippen LogP contribution < -0.4 is 0 Å². The number of rotatable bonds is 36. The van der Waals surface area contributed by atoms with Gasteiger partial charge in [-0.15, -0.1) is 0 Å². The van der Waals surface area contributed by atoms with Crippen LogP contribution in [0.25, 0.3) is 0 Å². The van der Waals surface area contributed by atoms with Gasteiger partial charge in [-0.25, -0.2) is 4.57 Å². The molecule has 47 heavy (non-hydrogen) atoms. The summed E-state index contributed by atoms with van der Waals surface area (Å²) in [6.45, 7) is 2.35. The molecule has 0 saturated carbocycles. The first-order valence-corrected chi connectivity index (χ1v) is 20.5. The molecule has 0 bridgehead atoms. The molecule has 3 unspecified atom stereocenters. The molecule has 0 aromatic carbocycles. The Balaban J connectivity index is 4.28. The lowest BCUT2D eigenvalue weighted by molar-refractivity contribution is -0.161. The second-order valence-corrected chi connectivity index (χ2v) is 14.4. The van der Waals surface area contributed by atoms with E-state index in [1.807, 2.05) is 0 Å². The van der Waals surface area contributed by atoms with Crippen molar-refractivity contribution in [3.63, 3.8) is 0 Å². The fraction of sp³-hybridized carbons (Fsp3) is 0.944. The number of carbonyl (C=O) groups is 2. The quantitative estimate of drug-likeness (QED) is 0.0329. The van der Waals surface area contributed by atoms with Crippen molar-refractivity contribution in [1.29, 1.82) is 0 Å². The average Bonchev–Trinajstić information content (AvgIpc) is 3.05. The molecular formula is C36H71O10P. The maximum atomic E-state index is 12.5. The van der Waals surface area contributed by atoms with Crippen LogP contribution in [0.5, 0.6) is 0 Å². The highest BCUT2D eigenvalue weighted by molar-refractivity contribution is 7.47. The number of aliphatic hydroxyl groups excluding tert-OH is 2. The summed E-state index contributed by atoms with van der Waals surface area (Å²) >= 11 is 0. The highest BCUT2D eigenvalue weighted by Crippen LogP contribution is 2.43. The molecule has 11 heteroatoms. The number of carbonyl (C=O) groups excluding carboxylic acids is 2. The van der Waals surface area contributed by atoms with Gasteiger partial charge in [-0.05, 0) is 12.8 Å². The van der Waals surface area contributed by atoms with Crippen molar-refractivity contribution >= 4 is 19.8 Å². The van der Waals surface area contributed by atoms with Crippen LogP contribution >= 0.6 is 7.82 Å². The number of hydrogen-bond donors (Lipinski definition) is 3. The first-order chi connectivity index (χ1) is 22.7. The van der Waals surface area contributed by atoms with Gasteiger partial charge in [0.1, 0.15) is 12.7 Å². The van der Waals surface area contributed by atoms with Crippen LogP contribution in [0.1, 0.15) is 181 Å². The van der Waals surface area contributed by atoms with Crippen LogP contribution in [0.3, 0.4) is 0 Å². The molecule has 0 amide bonds. The van der Waals surface area contributed by atoms with Gasteiger partial charge < -0.3 is 24.6 Å². The Morgan fingerprint density at radius 2 is 0.915 bits per heavy atom. The zero-order valence-electron chi connectivity index (χ0n) is 30.0. The highest BCUT2D eigenvalue weighted by atomic mass is 31.2. The lowest BCUT2D eigenvalue weighted by atomic mass is 10.0. The summed E-state index contributed by atoms with van der Waals surface area (Å²) < 4.78 is 32.5. The number of aliphatic hydroxyl groups is 2. The van der Waals surface area contributed by atoms with Crippen molar-refractivity contribution in [1.82, 2.24) is 0 Å². The van der Waals surface area contributed by atoms with E-state index in [-0.39, 0.29) is 19.4 Å².